The van der Waals surface area contributed by atoms with Crippen molar-refractivity contribution in [3.8, 4) is 11.6 Å². The number of aryl methyl sites for hydroxylation is 1. The third-order valence-electron chi connectivity index (χ3n) is 2.73. The molecular formula is C14H13FN2O4. The Labute approximate surface area is 119 Å². The predicted octanol–water partition coefficient (Wildman–Crippen LogP) is 2.28. The van der Waals surface area contributed by atoms with E-state index in [0.29, 0.717) is 6.54 Å². The quantitative estimate of drug-likeness (QED) is 0.914. The molecule has 0 bridgehead atoms. The lowest BCUT2D eigenvalue weighted by molar-refractivity contribution is 0.0694. The minimum atomic E-state index is -1.28. The Balaban J connectivity index is 2.43. The monoisotopic (exact) mass is 292 g/mol. The number of nitrogens with zero attached hydrogens (tertiary/aromatic N) is 2. The number of halogens is 1. The van der Waals surface area contributed by atoms with Crippen LogP contribution in [-0.2, 0) is 6.54 Å². The van der Waals surface area contributed by atoms with E-state index in [1.54, 1.807) is 0 Å². The Morgan fingerprint density at radius 1 is 1.48 bits per heavy atom. The Morgan fingerprint density at radius 2 is 2.24 bits per heavy atom. The number of ether oxygens (including phenoxy) is 1. The number of hydrogen-bond donors (Lipinski definition) is 1. The normalized spacial score (nSPS) is 10.4. The summed E-state index contributed by atoms with van der Waals surface area (Å²) >= 11 is 0. The van der Waals surface area contributed by atoms with E-state index in [0.717, 1.165) is 24.6 Å². The molecule has 0 saturated carbocycles. The standard InChI is InChI=1S/C14H13FN2O4/c1-2-6-17-7-5-16-12(13(17)18)21-11-8-9(15)3-4-10(11)14(19)20/h3-5,7-8H,2,6H2,1H3,(H,19,20). The molecule has 0 amide bonds. The van der Waals surface area contributed by atoms with Gasteiger partial charge in [-0.1, -0.05) is 6.92 Å². The lowest BCUT2D eigenvalue weighted by Crippen LogP contribution is -2.21. The molecule has 0 radical (unpaired) electrons. The molecule has 110 valence electrons. The number of carboxylic acid groups (broad SMARTS) is 1. The van der Waals surface area contributed by atoms with E-state index in [1.165, 1.54) is 17.0 Å². The minimum absolute atomic E-state index is 0.247. The van der Waals surface area contributed by atoms with Gasteiger partial charge >= 0.3 is 11.5 Å². The summed E-state index contributed by atoms with van der Waals surface area (Å²) in [5.74, 6) is -2.50. The number of carboxylic acids is 1. The molecule has 1 aromatic carbocycles. The largest absolute Gasteiger partial charge is 0.478 e. The average Bonchev–Trinajstić information content (AvgIpc) is 2.43. The molecule has 0 aliphatic rings. The predicted molar refractivity (Wildman–Crippen MR) is 72.2 cm³/mol. The lowest BCUT2D eigenvalue weighted by Gasteiger charge is -2.09. The first-order chi connectivity index (χ1) is 10.0. The summed E-state index contributed by atoms with van der Waals surface area (Å²) in [7, 11) is 0. The van der Waals surface area contributed by atoms with E-state index < -0.39 is 17.3 Å². The molecule has 0 atom stereocenters. The lowest BCUT2D eigenvalue weighted by atomic mass is 10.2. The van der Waals surface area contributed by atoms with E-state index in [9.17, 15) is 14.0 Å². The van der Waals surface area contributed by atoms with Crippen molar-refractivity contribution in [2.24, 2.45) is 0 Å². The van der Waals surface area contributed by atoms with Gasteiger partial charge in [0, 0.05) is 25.0 Å². The zero-order valence-corrected chi connectivity index (χ0v) is 11.2. The molecule has 2 aromatic rings. The maximum Gasteiger partial charge on any atom is 0.339 e. The highest BCUT2D eigenvalue weighted by Crippen LogP contribution is 2.23. The van der Waals surface area contributed by atoms with Crippen molar-refractivity contribution >= 4 is 5.97 Å². The Kier molecular flexibility index (Phi) is 4.32. The van der Waals surface area contributed by atoms with Gasteiger partial charge in [0.1, 0.15) is 17.1 Å². The first-order valence-corrected chi connectivity index (χ1v) is 6.29. The van der Waals surface area contributed by atoms with Gasteiger partial charge < -0.3 is 14.4 Å². The first-order valence-electron chi connectivity index (χ1n) is 6.29. The summed E-state index contributed by atoms with van der Waals surface area (Å²) in [6.45, 7) is 2.38. The molecule has 0 unspecified atom stereocenters. The van der Waals surface area contributed by atoms with Crippen LogP contribution in [0.1, 0.15) is 23.7 Å². The summed E-state index contributed by atoms with van der Waals surface area (Å²) in [5, 5.41) is 9.04. The molecular weight excluding hydrogens is 279 g/mol. The van der Waals surface area contributed by atoms with E-state index in [4.69, 9.17) is 9.84 Å². The van der Waals surface area contributed by atoms with Crippen LogP contribution < -0.4 is 10.3 Å². The molecule has 1 aromatic heterocycles. The number of aromatic carboxylic acids is 1. The summed E-state index contributed by atoms with van der Waals surface area (Å²) in [6.07, 6.45) is 3.61. The molecule has 0 spiro atoms. The van der Waals surface area contributed by atoms with Gasteiger partial charge in [-0.05, 0) is 18.6 Å². The zero-order chi connectivity index (χ0) is 15.4. The van der Waals surface area contributed by atoms with Crippen LogP contribution in [0.25, 0.3) is 0 Å². The van der Waals surface area contributed by atoms with Crippen LogP contribution in [0.2, 0.25) is 0 Å². The first kappa shape index (κ1) is 14.7. The van der Waals surface area contributed by atoms with Crippen LogP contribution in [-0.4, -0.2) is 20.6 Å². The van der Waals surface area contributed by atoms with E-state index >= 15 is 0 Å². The number of carbonyl (C=O) groups is 1. The second kappa shape index (κ2) is 6.17. The van der Waals surface area contributed by atoms with Crippen molar-refractivity contribution in [2.45, 2.75) is 19.9 Å². The van der Waals surface area contributed by atoms with Gasteiger partial charge in [0.25, 0.3) is 5.88 Å². The number of rotatable bonds is 5. The van der Waals surface area contributed by atoms with Gasteiger partial charge in [-0.15, -0.1) is 0 Å². The van der Waals surface area contributed by atoms with Crippen LogP contribution in [0.3, 0.4) is 0 Å². The summed E-state index contributed by atoms with van der Waals surface area (Å²) in [4.78, 5) is 26.9. The molecule has 6 nitrogen and oxygen atoms in total. The maximum absolute atomic E-state index is 13.2. The summed E-state index contributed by atoms with van der Waals surface area (Å²) in [6, 6.07) is 2.98. The van der Waals surface area contributed by atoms with Gasteiger partial charge in [0.05, 0.1) is 0 Å². The molecule has 2 rings (SSSR count). The highest BCUT2D eigenvalue weighted by atomic mass is 19.1. The fourth-order valence-electron chi connectivity index (χ4n) is 1.78. The Hall–Kier alpha value is -2.70. The Morgan fingerprint density at radius 3 is 2.90 bits per heavy atom. The fourth-order valence-corrected chi connectivity index (χ4v) is 1.78. The molecule has 7 heteroatoms. The molecule has 0 aliphatic heterocycles. The third-order valence-corrected chi connectivity index (χ3v) is 2.73. The van der Waals surface area contributed by atoms with E-state index in [2.05, 4.69) is 4.98 Å². The van der Waals surface area contributed by atoms with Crippen molar-refractivity contribution in [3.63, 3.8) is 0 Å². The number of hydrogen-bond acceptors (Lipinski definition) is 4. The minimum Gasteiger partial charge on any atom is -0.478 e. The maximum atomic E-state index is 13.2. The van der Waals surface area contributed by atoms with E-state index in [-0.39, 0.29) is 17.2 Å². The molecule has 21 heavy (non-hydrogen) atoms. The van der Waals surface area contributed by atoms with Crippen molar-refractivity contribution in [1.82, 2.24) is 9.55 Å². The van der Waals surface area contributed by atoms with Crippen LogP contribution in [0.4, 0.5) is 4.39 Å². The van der Waals surface area contributed by atoms with Crippen molar-refractivity contribution in [2.75, 3.05) is 0 Å². The van der Waals surface area contributed by atoms with Gasteiger partial charge in [-0.2, -0.15) is 0 Å². The summed E-state index contributed by atoms with van der Waals surface area (Å²) in [5.41, 5.74) is -0.747. The highest BCUT2D eigenvalue weighted by Gasteiger charge is 2.15. The topological polar surface area (TPSA) is 81.4 Å². The van der Waals surface area contributed by atoms with Crippen molar-refractivity contribution in [1.29, 1.82) is 0 Å². The van der Waals surface area contributed by atoms with Gasteiger partial charge in [-0.25, -0.2) is 14.2 Å². The summed E-state index contributed by atoms with van der Waals surface area (Å²) < 4.78 is 19.8. The van der Waals surface area contributed by atoms with Crippen LogP contribution in [0.15, 0.2) is 35.4 Å². The van der Waals surface area contributed by atoms with Crippen molar-refractivity contribution < 1.29 is 19.0 Å². The van der Waals surface area contributed by atoms with Gasteiger partial charge in [0.15, 0.2) is 0 Å². The van der Waals surface area contributed by atoms with Crippen LogP contribution in [0, 0.1) is 5.82 Å². The second-order valence-electron chi connectivity index (χ2n) is 4.28. The molecule has 1 heterocycles. The SMILES string of the molecule is CCCn1ccnc(Oc2cc(F)ccc2C(=O)O)c1=O. The fraction of sp³-hybridized carbons (Fsp3) is 0.214. The van der Waals surface area contributed by atoms with E-state index in [1.807, 2.05) is 6.92 Å². The number of benzene rings is 1. The average molecular weight is 292 g/mol. The van der Waals surface area contributed by atoms with Gasteiger partial charge in [-0.3, -0.25) is 4.79 Å². The van der Waals surface area contributed by atoms with Crippen LogP contribution >= 0.6 is 0 Å². The molecule has 0 aliphatic carbocycles. The number of aromatic nitrogens is 2. The van der Waals surface area contributed by atoms with Gasteiger partial charge in [0.2, 0.25) is 0 Å². The third kappa shape index (κ3) is 3.25. The smallest absolute Gasteiger partial charge is 0.339 e. The van der Waals surface area contributed by atoms with Crippen LogP contribution in [0.5, 0.6) is 11.6 Å². The molecule has 0 fully saturated rings. The highest BCUT2D eigenvalue weighted by molar-refractivity contribution is 5.90. The Bertz CT molecular complexity index is 727. The zero-order valence-electron chi connectivity index (χ0n) is 11.2. The second-order valence-corrected chi connectivity index (χ2v) is 4.28. The van der Waals surface area contributed by atoms with Crippen molar-refractivity contribution in [3.05, 3.63) is 52.3 Å². The molecule has 1 N–H and O–H groups in total. The molecule has 0 saturated heterocycles.